The van der Waals surface area contributed by atoms with Crippen molar-refractivity contribution in [1.29, 1.82) is 0 Å². The van der Waals surface area contributed by atoms with Crippen LogP contribution in [0.15, 0.2) is 0 Å². The summed E-state index contributed by atoms with van der Waals surface area (Å²) in [7, 11) is 6.02. The minimum Gasteiger partial charge on any atom is -0.550 e. The van der Waals surface area contributed by atoms with Crippen LogP contribution < -0.4 is 5.11 Å². The van der Waals surface area contributed by atoms with Crippen LogP contribution in [-0.2, 0) is 9.53 Å². The van der Waals surface area contributed by atoms with E-state index < -0.39 is 5.97 Å². The van der Waals surface area contributed by atoms with Gasteiger partial charge in [-0.05, 0) is 13.8 Å². The van der Waals surface area contributed by atoms with Crippen LogP contribution in [0.25, 0.3) is 0 Å². The molecule has 0 saturated carbocycles. The van der Waals surface area contributed by atoms with E-state index in [2.05, 4.69) is 0 Å². The first kappa shape index (κ1) is 13.4. The highest BCUT2D eigenvalue weighted by Gasteiger charge is 2.19. The van der Waals surface area contributed by atoms with E-state index in [1.54, 1.807) is 0 Å². The molecule has 0 fully saturated rings. The van der Waals surface area contributed by atoms with E-state index in [0.29, 0.717) is 11.0 Å². The number of rotatable bonds is 6. The lowest BCUT2D eigenvalue weighted by atomic mass is 10.2. The molecule has 4 nitrogen and oxygen atoms in total. The van der Waals surface area contributed by atoms with Gasteiger partial charge in [0.2, 0.25) is 0 Å². The van der Waals surface area contributed by atoms with Gasteiger partial charge in [0.25, 0.3) is 0 Å². The third-order valence-electron chi connectivity index (χ3n) is 1.61. The second-order valence-electron chi connectivity index (χ2n) is 4.86. The molecule has 0 unspecified atom stereocenters. The summed E-state index contributed by atoms with van der Waals surface area (Å²) in [5.74, 6) is -1.05. The number of ether oxygens (including phenoxy) is 1. The molecule has 0 aromatic carbocycles. The van der Waals surface area contributed by atoms with Gasteiger partial charge >= 0.3 is 0 Å². The first-order valence-electron chi connectivity index (χ1n) is 4.86. The number of aliphatic carboxylic acids is 1. The van der Waals surface area contributed by atoms with Gasteiger partial charge in [0.05, 0.1) is 27.2 Å². The fourth-order valence-corrected chi connectivity index (χ4v) is 1.34. The molecule has 0 spiro atoms. The Morgan fingerprint density at radius 1 is 1.36 bits per heavy atom. The lowest BCUT2D eigenvalue weighted by Crippen LogP contribution is -2.45. The standard InChI is InChI=1S/C10H21NO3/c1-8(2)14-9(6-10(12)13)7-11(3,4)5/h8-9H,6-7H2,1-5H3/t9-/m1/s1. The van der Waals surface area contributed by atoms with Crippen LogP contribution in [0.4, 0.5) is 0 Å². The highest BCUT2D eigenvalue weighted by Crippen LogP contribution is 2.06. The number of carboxylic acids is 1. The molecule has 0 bridgehead atoms. The second kappa shape index (κ2) is 5.32. The Hall–Kier alpha value is -0.610. The van der Waals surface area contributed by atoms with Crippen LogP contribution in [0.1, 0.15) is 20.3 Å². The van der Waals surface area contributed by atoms with Gasteiger partial charge in [-0.2, -0.15) is 0 Å². The summed E-state index contributed by atoms with van der Waals surface area (Å²) < 4.78 is 6.19. The zero-order valence-electron chi connectivity index (χ0n) is 9.74. The molecule has 1 atom stereocenters. The summed E-state index contributed by atoms with van der Waals surface area (Å²) in [6, 6.07) is 0. The molecule has 84 valence electrons. The molecular formula is C10H21NO3. The van der Waals surface area contributed by atoms with E-state index in [-0.39, 0.29) is 18.6 Å². The molecule has 0 N–H and O–H groups in total. The Kier molecular flexibility index (Phi) is 5.08. The molecule has 0 aliphatic heterocycles. The number of hydrogen-bond acceptors (Lipinski definition) is 3. The molecule has 0 radical (unpaired) electrons. The Bertz CT molecular complexity index is 184. The zero-order valence-corrected chi connectivity index (χ0v) is 9.74. The Labute approximate surface area is 86.1 Å². The molecule has 0 aromatic rings. The largest absolute Gasteiger partial charge is 0.550 e. The summed E-state index contributed by atoms with van der Waals surface area (Å²) in [4.78, 5) is 10.5. The van der Waals surface area contributed by atoms with Crippen molar-refractivity contribution in [2.24, 2.45) is 0 Å². The third-order valence-corrected chi connectivity index (χ3v) is 1.61. The maximum Gasteiger partial charge on any atom is 0.112 e. The molecule has 0 saturated heterocycles. The van der Waals surface area contributed by atoms with Crippen LogP contribution in [0.2, 0.25) is 0 Å². The quantitative estimate of drug-likeness (QED) is 0.553. The Morgan fingerprint density at radius 3 is 2.14 bits per heavy atom. The summed E-state index contributed by atoms with van der Waals surface area (Å²) in [5.41, 5.74) is 0. The van der Waals surface area contributed by atoms with Gasteiger partial charge in [-0.25, -0.2) is 0 Å². The minimum absolute atomic E-state index is 0.0340. The lowest BCUT2D eigenvalue weighted by Gasteiger charge is -2.30. The number of carboxylic acid groups (broad SMARTS) is 1. The smallest absolute Gasteiger partial charge is 0.112 e. The summed E-state index contributed by atoms with van der Waals surface area (Å²) >= 11 is 0. The van der Waals surface area contributed by atoms with Crippen molar-refractivity contribution >= 4 is 5.97 Å². The molecule has 0 rings (SSSR count). The third kappa shape index (κ3) is 8.01. The molecule has 14 heavy (non-hydrogen) atoms. The van der Waals surface area contributed by atoms with Crippen LogP contribution in [-0.4, -0.2) is 50.3 Å². The minimum atomic E-state index is -1.05. The maximum atomic E-state index is 10.5. The lowest BCUT2D eigenvalue weighted by molar-refractivity contribution is -0.873. The van der Waals surface area contributed by atoms with E-state index in [9.17, 15) is 9.90 Å². The van der Waals surface area contributed by atoms with E-state index in [1.807, 2.05) is 35.0 Å². The zero-order chi connectivity index (χ0) is 11.4. The fraction of sp³-hybridized carbons (Fsp3) is 0.900. The average Bonchev–Trinajstić information content (AvgIpc) is 1.77. The summed E-state index contributed by atoms with van der Waals surface area (Å²) in [5, 5.41) is 10.5. The van der Waals surface area contributed by atoms with Gasteiger partial charge in [0.1, 0.15) is 12.6 Å². The number of carbonyl (C=O) groups excluding carboxylic acids is 1. The molecule has 4 heteroatoms. The van der Waals surface area contributed by atoms with Gasteiger partial charge in [-0.15, -0.1) is 0 Å². The van der Waals surface area contributed by atoms with Crippen molar-refractivity contribution in [3.8, 4) is 0 Å². The average molecular weight is 203 g/mol. The predicted octanol–water partition coefficient (Wildman–Crippen LogP) is -0.374. The molecule has 0 aromatic heterocycles. The molecule has 0 amide bonds. The Balaban J connectivity index is 4.17. The van der Waals surface area contributed by atoms with E-state index >= 15 is 0 Å². The highest BCUT2D eigenvalue weighted by molar-refractivity contribution is 5.64. The molecule has 0 heterocycles. The first-order chi connectivity index (χ1) is 6.20. The number of likely N-dealkylation sites (N-methyl/N-ethyl adjacent to an activating group) is 1. The van der Waals surface area contributed by atoms with E-state index in [0.717, 1.165) is 0 Å². The van der Waals surface area contributed by atoms with Crippen molar-refractivity contribution < 1.29 is 19.1 Å². The van der Waals surface area contributed by atoms with Crippen molar-refractivity contribution in [2.75, 3.05) is 27.7 Å². The fourth-order valence-electron chi connectivity index (χ4n) is 1.34. The number of hydrogen-bond donors (Lipinski definition) is 0. The maximum absolute atomic E-state index is 10.5. The SMILES string of the molecule is CC(C)O[C@H](CC(=O)[O-])C[N+](C)(C)C. The van der Waals surface area contributed by atoms with Crippen LogP contribution >= 0.6 is 0 Å². The highest BCUT2D eigenvalue weighted by atomic mass is 16.5. The second-order valence-corrected chi connectivity index (χ2v) is 4.86. The molecule has 0 aliphatic rings. The molecule has 0 aliphatic carbocycles. The summed E-state index contributed by atoms with van der Waals surface area (Å²) in [6.07, 6.45) is -0.251. The van der Waals surface area contributed by atoms with Crippen molar-refractivity contribution in [1.82, 2.24) is 0 Å². The number of carbonyl (C=O) groups is 1. The number of nitrogens with zero attached hydrogens (tertiary/aromatic N) is 1. The van der Waals surface area contributed by atoms with Crippen molar-refractivity contribution in [2.45, 2.75) is 32.5 Å². The normalized spacial score (nSPS) is 14.4. The predicted molar refractivity (Wildman–Crippen MR) is 52.5 cm³/mol. The van der Waals surface area contributed by atoms with Crippen LogP contribution in [0.5, 0.6) is 0 Å². The van der Waals surface area contributed by atoms with Crippen LogP contribution in [0, 0.1) is 0 Å². The topological polar surface area (TPSA) is 49.4 Å². The monoisotopic (exact) mass is 203 g/mol. The first-order valence-corrected chi connectivity index (χ1v) is 4.86. The Morgan fingerprint density at radius 2 is 1.86 bits per heavy atom. The van der Waals surface area contributed by atoms with Crippen LogP contribution in [0.3, 0.4) is 0 Å². The van der Waals surface area contributed by atoms with Crippen molar-refractivity contribution in [3.63, 3.8) is 0 Å². The van der Waals surface area contributed by atoms with Gasteiger partial charge in [-0.1, -0.05) is 0 Å². The van der Waals surface area contributed by atoms with Gasteiger partial charge in [0, 0.05) is 12.4 Å². The van der Waals surface area contributed by atoms with Crippen molar-refractivity contribution in [3.05, 3.63) is 0 Å². The van der Waals surface area contributed by atoms with Gasteiger partial charge in [0.15, 0.2) is 0 Å². The van der Waals surface area contributed by atoms with Gasteiger partial charge < -0.3 is 19.1 Å². The number of quaternary nitrogens is 1. The van der Waals surface area contributed by atoms with Gasteiger partial charge in [-0.3, -0.25) is 0 Å². The summed E-state index contributed by atoms with van der Waals surface area (Å²) in [6.45, 7) is 4.47. The van der Waals surface area contributed by atoms with E-state index in [1.165, 1.54) is 0 Å². The molecular weight excluding hydrogens is 182 g/mol. The van der Waals surface area contributed by atoms with E-state index in [4.69, 9.17) is 4.74 Å².